The number of carbonyl (C=O) groups excluding carboxylic acids is 2. The first-order valence-electron chi connectivity index (χ1n) is 10.1. The number of urea groups is 1. The monoisotopic (exact) mass is 375 g/mol. The van der Waals surface area contributed by atoms with Gasteiger partial charge in [-0.1, -0.05) is 0 Å². The van der Waals surface area contributed by atoms with Crippen LogP contribution in [0.1, 0.15) is 67.0 Å². The van der Waals surface area contributed by atoms with E-state index in [4.69, 9.17) is 0 Å². The third-order valence-corrected chi connectivity index (χ3v) is 6.00. The molecule has 0 aromatic carbocycles. The first kappa shape index (κ1) is 18.3. The van der Waals surface area contributed by atoms with E-state index in [0.717, 1.165) is 44.5 Å². The van der Waals surface area contributed by atoms with Gasteiger partial charge in [-0.25, -0.2) is 4.79 Å². The number of hydrogen-bond acceptors (Lipinski definition) is 4. The molecule has 1 aromatic heterocycles. The van der Waals surface area contributed by atoms with Crippen LogP contribution < -0.4 is 5.32 Å². The fourth-order valence-electron chi connectivity index (χ4n) is 4.04. The van der Waals surface area contributed by atoms with Crippen LogP contribution in [0.25, 0.3) is 0 Å². The number of nitrogens with one attached hydrogen (secondary N) is 2. The second kappa shape index (κ2) is 7.50. The summed E-state index contributed by atoms with van der Waals surface area (Å²) in [6, 6.07) is 1.77. The number of aliphatic hydroxyl groups is 1. The smallest absolute Gasteiger partial charge is 0.317 e. The van der Waals surface area contributed by atoms with Crippen LogP contribution in [0.15, 0.2) is 6.07 Å². The highest BCUT2D eigenvalue weighted by Gasteiger charge is 2.34. The Hall–Kier alpha value is -2.09. The Balaban J connectivity index is 1.30. The van der Waals surface area contributed by atoms with Gasteiger partial charge in [0.25, 0.3) is 5.91 Å². The van der Waals surface area contributed by atoms with E-state index >= 15 is 0 Å². The van der Waals surface area contributed by atoms with Gasteiger partial charge in [-0.2, -0.15) is 5.10 Å². The summed E-state index contributed by atoms with van der Waals surface area (Å²) in [7, 11) is 0. The maximum Gasteiger partial charge on any atom is 0.317 e. The summed E-state index contributed by atoms with van der Waals surface area (Å²) in [5.41, 5.74) is 0.550. The lowest BCUT2D eigenvalue weighted by Gasteiger charge is -2.28. The minimum Gasteiger partial charge on any atom is -0.388 e. The van der Waals surface area contributed by atoms with Crippen molar-refractivity contribution in [3.05, 3.63) is 17.5 Å². The Kier molecular flexibility index (Phi) is 5.08. The maximum atomic E-state index is 12.7. The van der Waals surface area contributed by atoms with Gasteiger partial charge >= 0.3 is 6.03 Å². The molecule has 1 atom stereocenters. The van der Waals surface area contributed by atoms with Crippen LogP contribution in [0.3, 0.4) is 0 Å². The Morgan fingerprint density at radius 2 is 1.89 bits per heavy atom. The molecule has 8 nitrogen and oxygen atoms in total. The number of nitrogens with zero attached hydrogens (tertiary/aromatic N) is 3. The van der Waals surface area contributed by atoms with Crippen molar-refractivity contribution in [2.24, 2.45) is 0 Å². The van der Waals surface area contributed by atoms with Gasteiger partial charge < -0.3 is 20.2 Å². The van der Waals surface area contributed by atoms with Gasteiger partial charge in [0, 0.05) is 44.3 Å². The Morgan fingerprint density at radius 3 is 2.63 bits per heavy atom. The minimum atomic E-state index is -0.963. The molecule has 148 valence electrons. The lowest BCUT2D eigenvalue weighted by atomic mass is 9.95. The molecular weight excluding hydrogens is 346 g/mol. The van der Waals surface area contributed by atoms with E-state index in [-0.39, 0.29) is 18.5 Å². The van der Waals surface area contributed by atoms with Gasteiger partial charge in [0.05, 0.1) is 5.60 Å². The lowest BCUT2D eigenvalue weighted by molar-refractivity contribution is 0.0269. The Morgan fingerprint density at radius 1 is 1.15 bits per heavy atom. The van der Waals surface area contributed by atoms with Crippen molar-refractivity contribution in [2.75, 3.05) is 32.7 Å². The summed E-state index contributed by atoms with van der Waals surface area (Å²) in [5, 5.41) is 20.9. The van der Waals surface area contributed by atoms with Crippen LogP contribution in [0, 0.1) is 0 Å². The molecule has 1 unspecified atom stereocenters. The molecular formula is C19H29N5O3. The number of rotatable bonds is 4. The molecule has 1 aromatic rings. The molecule has 3 aliphatic rings. The predicted octanol–water partition coefficient (Wildman–Crippen LogP) is 1.45. The summed E-state index contributed by atoms with van der Waals surface area (Å²) in [6.45, 7) is 2.89. The highest BCUT2D eigenvalue weighted by atomic mass is 16.3. The van der Waals surface area contributed by atoms with E-state index in [1.54, 1.807) is 9.80 Å². The van der Waals surface area contributed by atoms with E-state index in [9.17, 15) is 14.7 Å². The van der Waals surface area contributed by atoms with Gasteiger partial charge in [-0.15, -0.1) is 0 Å². The normalized spacial score (nSPS) is 26.1. The van der Waals surface area contributed by atoms with Crippen LogP contribution in [0.5, 0.6) is 0 Å². The van der Waals surface area contributed by atoms with Crippen molar-refractivity contribution in [1.29, 1.82) is 0 Å². The lowest BCUT2D eigenvalue weighted by Crippen LogP contribution is -2.47. The molecule has 8 heteroatoms. The molecule has 2 aliphatic heterocycles. The number of amides is 3. The molecule has 1 saturated carbocycles. The summed E-state index contributed by atoms with van der Waals surface area (Å²) in [5.74, 6) is 0.455. The number of hydrogen-bond donors (Lipinski definition) is 3. The largest absolute Gasteiger partial charge is 0.388 e. The molecule has 2 saturated heterocycles. The molecule has 3 heterocycles. The predicted molar refractivity (Wildman–Crippen MR) is 99.5 cm³/mol. The fraction of sp³-hybridized carbons (Fsp3) is 0.737. The summed E-state index contributed by atoms with van der Waals surface area (Å²) < 4.78 is 0. The molecule has 3 fully saturated rings. The van der Waals surface area contributed by atoms with E-state index in [2.05, 4.69) is 15.5 Å². The van der Waals surface area contributed by atoms with Crippen LogP contribution >= 0.6 is 0 Å². The molecule has 0 spiro atoms. The zero-order valence-corrected chi connectivity index (χ0v) is 15.7. The zero-order chi connectivity index (χ0) is 18.9. The minimum absolute atomic E-state index is 0.0801. The quantitative estimate of drug-likeness (QED) is 0.741. The van der Waals surface area contributed by atoms with Crippen LogP contribution in [0.4, 0.5) is 4.79 Å². The van der Waals surface area contributed by atoms with Gasteiger partial charge in [-0.3, -0.25) is 9.89 Å². The average Bonchev–Trinajstić information content (AvgIpc) is 3.20. The molecule has 0 bridgehead atoms. The number of likely N-dealkylation sites (tertiary alicyclic amines) is 2. The zero-order valence-electron chi connectivity index (χ0n) is 15.7. The molecule has 27 heavy (non-hydrogen) atoms. The van der Waals surface area contributed by atoms with Gasteiger partial charge in [0.2, 0.25) is 0 Å². The van der Waals surface area contributed by atoms with Crippen LogP contribution in [-0.4, -0.2) is 75.4 Å². The van der Waals surface area contributed by atoms with E-state index in [1.807, 2.05) is 6.07 Å². The highest BCUT2D eigenvalue weighted by molar-refractivity contribution is 5.92. The topological polar surface area (TPSA) is 102 Å². The van der Waals surface area contributed by atoms with E-state index < -0.39 is 5.60 Å². The SMILES string of the molecule is O=C(NCC1(O)CCCN(C(=O)c2cc(C3CC3)[nH]n2)CC1)N1CCCC1. The standard InChI is InChI=1S/C19H29N5O3/c25-17(16-12-15(21-22-16)14-4-5-14)23-10-3-6-19(27,7-11-23)13-20-18(26)24-8-1-2-9-24/h12,14,27H,1-11,13H2,(H,20,26)(H,21,22). The van der Waals surface area contributed by atoms with Crippen molar-refractivity contribution in [1.82, 2.24) is 25.3 Å². The van der Waals surface area contributed by atoms with Crippen molar-refractivity contribution in [3.63, 3.8) is 0 Å². The Labute approximate surface area is 159 Å². The molecule has 3 N–H and O–H groups in total. The average molecular weight is 375 g/mol. The first-order chi connectivity index (χ1) is 13.0. The number of carbonyl (C=O) groups is 2. The summed E-state index contributed by atoms with van der Waals surface area (Å²) >= 11 is 0. The first-order valence-corrected chi connectivity index (χ1v) is 10.1. The van der Waals surface area contributed by atoms with Crippen LogP contribution in [0.2, 0.25) is 0 Å². The fourth-order valence-corrected chi connectivity index (χ4v) is 4.04. The van der Waals surface area contributed by atoms with Crippen LogP contribution in [-0.2, 0) is 0 Å². The number of H-pyrrole nitrogens is 1. The maximum absolute atomic E-state index is 12.7. The second-order valence-electron chi connectivity index (χ2n) is 8.21. The number of aromatic nitrogens is 2. The third-order valence-electron chi connectivity index (χ3n) is 6.00. The third kappa shape index (κ3) is 4.26. The van der Waals surface area contributed by atoms with Crippen molar-refractivity contribution < 1.29 is 14.7 Å². The van der Waals surface area contributed by atoms with Gasteiger partial charge in [0.1, 0.15) is 5.69 Å². The number of aromatic amines is 1. The molecule has 4 rings (SSSR count). The molecule has 0 radical (unpaired) electrons. The molecule has 1 aliphatic carbocycles. The molecule has 3 amide bonds. The van der Waals surface area contributed by atoms with E-state index in [0.29, 0.717) is 44.0 Å². The van der Waals surface area contributed by atoms with Crippen molar-refractivity contribution in [3.8, 4) is 0 Å². The second-order valence-corrected chi connectivity index (χ2v) is 8.21. The van der Waals surface area contributed by atoms with E-state index in [1.165, 1.54) is 0 Å². The highest BCUT2D eigenvalue weighted by Crippen LogP contribution is 2.39. The summed E-state index contributed by atoms with van der Waals surface area (Å²) in [6.07, 6.45) is 6.16. The van der Waals surface area contributed by atoms with Crippen molar-refractivity contribution in [2.45, 2.75) is 56.5 Å². The van der Waals surface area contributed by atoms with Gasteiger partial charge in [-0.05, 0) is 51.0 Å². The Bertz CT molecular complexity index is 695. The summed E-state index contributed by atoms with van der Waals surface area (Å²) in [4.78, 5) is 28.5. The van der Waals surface area contributed by atoms with Crippen molar-refractivity contribution >= 4 is 11.9 Å². The van der Waals surface area contributed by atoms with Gasteiger partial charge in [0.15, 0.2) is 0 Å².